The largest absolute Gasteiger partial charge is 0.507 e. The molecule has 5 heteroatoms. The predicted molar refractivity (Wildman–Crippen MR) is 84.8 cm³/mol. The summed E-state index contributed by atoms with van der Waals surface area (Å²) in [7, 11) is 0. The number of hydrogen-bond acceptors (Lipinski definition) is 4. The molecule has 0 bridgehead atoms. The highest BCUT2D eigenvalue weighted by Gasteiger charge is 2.40. The molecule has 3 rings (SSSR count). The van der Waals surface area contributed by atoms with E-state index in [0.717, 1.165) is 22.5 Å². The predicted octanol–water partition coefficient (Wildman–Crippen LogP) is 2.74. The summed E-state index contributed by atoms with van der Waals surface area (Å²) in [5.41, 5.74) is 3.49. The number of benzene rings is 1. The van der Waals surface area contributed by atoms with Gasteiger partial charge in [-0.05, 0) is 25.0 Å². The van der Waals surface area contributed by atoms with E-state index < -0.39 is 0 Å². The van der Waals surface area contributed by atoms with Gasteiger partial charge in [-0.15, -0.1) is 0 Å². The van der Waals surface area contributed by atoms with E-state index in [9.17, 15) is 9.90 Å². The van der Waals surface area contributed by atoms with Crippen LogP contribution in [0.2, 0.25) is 0 Å². The van der Waals surface area contributed by atoms with Gasteiger partial charge in [0.05, 0.1) is 17.9 Å². The van der Waals surface area contributed by atoms with Gasteiger partial charge in [0, 0.05) is 24.1 Å². The highest BCUT2D eigenvalue weighted by molar-refractivity contribution is 6.03. The average molecular weight is 302 g/mol. The zero-order valence-electron chi connectivity index (χ0n) is 13.3. The Kier molecular flexibility index (Phi) is 3.68. The molecule has 1 atom stereocenters. The summed E-state index contributed by atoms with van der Waals surface area (Å²) < 4.78 is 5.34. The van der Waals surface area contributed by atoms with Gasteiger partial charge in [-0.1, -0.05) is 19.9 Å². The minimum absolute atomic E-state index is 0.0442. The number of phenols is 1. The Morgan fingerprint density at radius 2 is 2.23 bits per heavy atom. The van der Waals surface area contributed by atoms with Crippen LogP contribution in [0.15, 0.2) is 17.1 Å². The Bertz CT molecular complexity index is 646. The number of epoxide rings is 1. The first-order valence-corrected chi connectivity index (χ1v) is 7.77. The second kappa shape index (κ2) is 5.39. The van der Waals surface area contributed by atoms with Crippen molar-refractivity contribution >= 4 is 17.3 Å². The van der Waals surface area contributed by atoms with Gasteiger partial charge in [0.25, 0.3) is 0 Å². The number of amides is 1. The molecule has 0 spiro atoms. The van der Waals surface area contributed by atoms with Gasteiger partial charge >= 0.3 is 0 Å². The lowest BCUT2D eigenvalue weighted by Gasteiger charge is -2.22. The number of fused-ring (bicyclic) bond motifs is 1. The third-order valence-corrected chi connectivity index (χ3v) is 4.45. The number of carbonyl (C=O) groups is 1. The van der Waals surface area contributed by atoms with Gasteiger partial charge in [0.2, 0.25) is 5.91 Å². The minimum Gasteiger partial charge on any atom is -0.507 e. The van der Waals surface area contributed by atoms with Crippen LogP contribution < -0.4 is 5.32 Å². The lowest BCUT2D eigenvalue weighted by atomic mass is 9.79. The Hall–Kier alpha value is -1.88. The van der Waals surface area contributed by atoms with Crippen molar-refractivity contribution in [2.75, 3.05) is 13.2 Å². The second-order valence-electron chi connectivity index (χ2n) is 6.35. The molecule has 1 amide bonds. The van der Waals surface area contributed by atoms with Crippen LogP contribution >= 0.6 is 0 Å². The molecular formula is C17H22N2O3. The molecule has 0 radical (unpaired) electrons. The number of carbonyl (C=O) groups excluding carboxylic acids is 1. The number of aromatic hydroxyl groups is 1. The number of aliphatic imine (C=N–C) groups is 1. The summed E-state index contributed by atoms with van der Waals surface area (Å²) in [6, 6.07) is 3.65. The van der Waals surface area contributed by atoms with E-state index in [4.69, 9.17) is 9.73 Å². The molecule has 1 unspecified atom stereocenters. The van der Waals surface area contributed by atoms with Crippen LogP contribution in [0.4, 0.5) is 5.69 Å². The van der Waals surface area contributed by atoms with Gasteiger partial charge < -0.3 is 15.2 Å². The van der Waals surface area contributed by atoms with Crippen LogP contribution in [0.1, 0.15) is 50.8 Å². The molecule has 1 fully saturated rings. The number of hydrogen-bond donors (Lipinski definition) is 2. The van der Waals surface area contributed by atoms with Gasteiger partial charge in [-0.2, -0.15) is 0 Å². The molecule has 2 N–H and O–H groups in total. The Morgan fingerprint density at radius 3 is 2.86 bits per heavy atom. The molecule has 5 nitrogen and oxygen atoms in total. The summed E-state index contributed by atoms with van der Waals surface area (Å²) in [6.45, 7) is 7.42. The molecule has 0 aromatic heterocycles. The molecule has 1 aromatic carbocycles. The fourth-order valence-corrected chi connectivity index (χ4v) is 3.07. The highest BCUT2D eigenvalue weighted by atomic mass is 16.6. The van der Waals surface area contributed by atoms with Crippen molar-refractivity contribution in [1.29, 1.82) is 0 Å². The van der Waals surface area contributed by atoms with E-state index in [1.807, 2.05) is 13.0 Å². The normalized spacial score (nSPS) is 21.2. The molecule has 22 heavy (non-hydrogen) atoms. The smallest absolute Gasteiger partial charge is 0.220 e. The van der Waals surface area contributed by atoms with Crippen LogP contribution in [0.3, 0.4) is 0 Å². The molecule has 0 aliphatic carbocycles. The third kappa shape index (κ3) is 2.50. The average Bonchev–Trinajstić information content (AvgIpc) is 3.23. The first-order chi connectivity index (χ1) is 10.4. The van der Waals surface area contributed by atoms with Crippen LogP contribution in [0, 0.1) is 0 Å². The first kappa shape index (κ1) is 15.0. The summed E-state index contributed by atoms with van der Waals surface area (Å²) in [4.78, 5) is 16.5. The van der Waals surface area contributed by atoms with Crippen molar-refractivity contribution in [2.24, 2.45) is 4.99 Å². The maximum absolute atomic E-state index is 11.7. The maximum Gasteiger partial charge on any atom is 0.220 e. The Morgan fingerprint density at radius 1 is 1.50 bits per heavy atom. The van der Waals surface area contributed by atoms with E-state index in [0.29, 0.717) is 26.0 Å². The third-order valence-electron chi connectivity index (χ3n) is 4.45. The molecule has 1 aromatic rings. The zero-order valence-corrected chi connectivity index (χ0v) is 13.3. The summed E-state index contributed by atoms with van der Waals surface area (Å²) in [5.74, 6) is 0.288. The number of rotatable bonds is 5. The van der Waals surface area contributed by atoms with Crippen LogP contribution in [-0.4, -0.2) is 29.9 Å². The Labute approximate surface area is 130 Å². The van der Waals surface area contributed by atoms with Crippen molar-refractivity contribution < 1.29 is 14.6 Å². The summed E-state index contributed by atoms with van der Waals surface area (Å²) in [5, 5.41) is 12.9. The topological polar surface area (TPSA) is 74.2 Å². The number of ether oxygens (including phenoxy) is 1. The van der Waals surface area contributed by atoms with E-state index in [2.05, 4.69) is 19.2 Å². The molecule has 2 aliphatic heterocycles. The molecule has 2 heterocycles. The molecule has 1 saturated heterocycles. The fourth-order valence-electron chi connectivity index (χ4n) is 3.07. The SMILES string of the molecule is CCNC(=O)CCC1=Nc2c(ccc(O)c2C2CO2)C1(C)C. The van der Waals surface area contributed by atoms with Crippen molar-refractivity contribution in [2.45, 2.75) is 45.1 Å². The molecular weight excluding hydrogens is 280 g/mol. The van der Waals surface area contributed by atoms with Crippen molar-refractivity contribution in [1.82, 2.24) is 5.32 Å². The Balaban J connectivity index is 1.89. The van der Waals surface area contributed by atoms with Crippen molar-refractivity contribution in [3.63, 3.8) is 0 Å². The fraction of sp³-hybridized carbons (Fsp3) is 0.529. The quantitative estimate of drug-likeness (QED) is 0.821. The lowest BCUT2D eigenvalue weighted by molar-refractivity contribution is -0.120. The number of nitrogens with zero attached hydrogens (tertiary/aromatic N) is 1. The zero-order chi connectivity index (χ0) is 15.9. The molecule has 2 aliphatic rings. The van der Waals surface area contributed by atoms with Gasteiger partial charge in [-0.25, -0.2) is 0 Å². The van der Waals surface area contributed by atoms with Crippen LogP contribution in [0.25, 0.3) is 0 Å². The number of nitrogens with one attached hydrogen (secondary N) is 1. The molecule has 118 valence electrons. The van der Waals surface area contributed by atoms with Crippen LogP contribution in [0.5, 0.6) is 5.75 Å². The first-order valence-electron chi connectivity index (χ1n) is 7.77. The lowest BCUT2D eigenvalue weighted by Crippen LogP contribution is -2.28. The van der Waals surface area contributed by atoms with E-state index >= 15 is 0 Å². The monoisotopic (exact) mass is 302 g/mol. The standard InChI is InChI=1S/C17H22N2O3/c1-4-18-14(21)8-7-13-17(2,3)10-5-6-11(20)15(12-9-22-12)16(10)19-13/h5-6,12,20H,4,7-9H2,1-3H3,(H,18,21). The summed E-state index contributed by atoms with van der Waals surface area (Å²) in [6.07, 6.45) is 1.02. The van der Waals surface area contributed by atoms with E-state index in [-0.39, 0.29) is 23.2 Å². The van der Waals surface area contributed by atoms with Crippen molar-refractivity contribution in [3.8, 4) is 5.75 Å². The van der Waals surface area contributed by atoms with Gasteiger partial charge in [0.1, 0.15) is 11.9 Å². The van der Waals surface area contributed by atoms with E-state index in [1.54, 1.807) is 6.07 Å². The molecule has 0 saturated carbocycles. The summed E-state index contributed by atoms with van der Waals surface area (Å²) >= 11 is 0. The van der Waals surface area contributed by atoms with Crippen LogP contribution in [-0.2, 0) is 14.9 Å². The van der Waals surface area contributed by atoms with Gasteiger partial charge in [0.15, 0.2) is 0 Å². The van der Waals surface area contributed by atoms with E-state index in [1.165, 1.54) is 0 Å². The van der Waals surface area contributed by atoms with Crippen molar-refractivity contribution in [3.05, 3.63) is 23.3 Å². The minimum atomic E-state index is -0.223. The number of phenolic OH excluding ortho intramolecular Hbond substituents is 1. The van der Waals surface area contributed by atoms with Gasteiger partial charge in [-0.3, -0.25) is 9.79 Å². The highest BCUT2D eigenvalue weighted by Crippen LogP contribution is 2.50. The second-order valence-corrected chi connectivity index (χ2v) is 6.35. The maximum atomic E-state index is 11.7.